The molecule has 2 N–H and O–H groups in total. The minimum atomic E-state index is -1.94. The van der Waals surface area contributed by atoms with Crippen molar-refractivity contribution in [2.45, 2.75) is 39.5 Å². The summed E-state index contributed by atoms with van der Waals surface area (Å²) in [7, 11) is -3.29. The van der Waals surface area contributed by atoms with Crippen molar-refractivity contribution in [3.63, 3.8) is 0 Å². The number of aliphatic carboxylic acids is 2. The van der Waals surface area contributed by atoms with E-state index in [4.69, 9.17) is 18.6 Å². The van der Waals surface area contributed by atoms with E-state index in [1.807, 2.05) is 0 Å². The smallest absolute Gasteiger partial charge is 0.329 e. The van der Waals surface area contributed by atoms with Crippen LogP contribution in [0.15, 0.2) is 0 Å². The molecule has 0 bridgehead atoms. The first kappa shape index (κ1) is 20.6. The molecule has 22 heavy (non-hydrogen) atoms. The third-order valence-electron chi connectivity index (χ3n) is 2.34. The highest BCUT2D eigenvalue weighted by Crippen LogP contribution is 2.56. The molecule has 0 aromatic carbocycles. The fourth-order valence-corrected chi connectivity index (χ4v) is 6.30. The third kappa shape index (κ3) is 9.50. The minimum Gasteiger partial charge on any atom is -0.481 e. The van der Waals surface area contributed by atoms with E-state index < -0.39 is 44.3 Å². The molecule has 0 saturated heterocycles. The number of carboxylic acid groups (broad SMARTS) is 2. The van der Waals surface area contributed by atoms with Gasteiger partial charge in [-0.15, -0.1) is 9.93 Å². The minimum absolute atomic E-state index is 0.0868. The maximum atomic E-state index is 11.5. The van der Waals surface area contributed by atoms with Crippen LogP contribution in [0.3, 0.4) is 0 Å². The molecule has 0 amide bonds. The van der Waals surface area contributed by atoms with Gasteiger partial charge in [0.05, 0.1) is 12.8 Å². The van der Waals surface area contributed by atoms with Gasteiger partial charge in [-0.3, -0.25) is 19.2 Å². The highest BCUT2D eigenvalue weighted by atomic mass is 33.2. The van der Waals surface area contributed by atoms with Crippen LogP contribution in [0.5, 0.6) is 0 Å². The maximum Gasteiger partial charge on any atom is 0.329 e. The lowest BCUT2D eigenvalue weighted by Crippen LogP contribution is -2.12. The molecular formula is C12H22O8S2. The molecule has 0 spiro atoms. The maximum absolute atomic E-state index is 11.5. The standard InChI is InChI=1S/C12H22O8S2/c1-3-11(17)19-22(20-12(18)4-2)21(7-5-9(13)14)8-6-10(15)16/h21-22H,3-8H2,1-2H3,(H,13,14)(H,15,16). The molecule has 0 radical (unpaired) electrons. The number of carbonyl (C=O) groups is 4. The van der Waals surface area contributed by atoms with Gasteiger partial charge in [-0.2, -0.15) is 0 Å². The summed E-state index contributed by atoms with van der Waals surface area (Å²) in [4.78, 5) is 44.3. The van der Waals surface area contributed by atoms with E-state index in [0.717, 1.165) is 0 Å². The first-order chi connectivity index (χ1) is 10.3. The Kier molecular flexibility index (Phi) is 10.5. The Hall–Kier alpha value is -1.42. The molecule has 0 aromatic rings. The summed E-state index contributed by atoms with van der Waals surface area (Å²) in [5, 5.41) is 17.5. The van der Waals surface area contributed by atoms with Crippen LogP contribution >= 0.6 is 20.4 Å². The molecule has 0 aliphatic heterocycles. The summed E-state index contributed by atoms with van der Waals surface area (Å²) < 4.78 is 10.2. The lowest BCUT2D eigenvalue weighted by Gasteiger charge is -2.34. The van der Waals surface area contributed by atoms with Gasteiger partial charge < -0.3 is 18.6 Å². The zero-order chi connectivity index (χ0) is 17.1. The first-order valence-corrected chi connectivity index (χ1v) is 10.3. The van der Waals surface area contributed by atoms with Crippen LogP contribution < -0.4 is 0 Å². The molecule has 130 valence electrons. The Labute approximate surface area is 133 Å². The molecule has 0 aliphatic carbocycles. The van der Waals surface area contributed by atoms with E-state index in [1.54, 1.807) is 13.8 Å². The SMILES string of the molecule is CCC(=O)O[SH](OC(=O)CC)[SH](CCC(=O)O)CCC(=O)O. The van der Waals surface area contributed by atoms with Crippen molar-refractivity contribution in [2.24, 2.45) is 0 Å². The molecule has 0 atom stereocenters. The molecular weight excluding hydrogens is 336 g/mol. The molecule has 0 unspecified atom stereocenters. The second-order valence-electron chi connectivity index (χ2n) is 4.11. The number of hydrogen-bond donors (Lipinski definition) is 4. The van der Waals surface area contributed by atoms with Crippen LogP contribution in [-0.4, -0.2) is 45.6 Å². The fourth-order valence-electron chi connectivity index (χ4n) is 1.16. The van der Waals surface area contributed by atoms with Crippen molar-refractivity contribution < 1.29 is 37.8 Å². The van der Waals surface area contributed by atoms with E-state index in [-0.39, 0.29) is 37.2 Å². The van der Waals surface area contributed by atoms with E-state index in [2.05, 4.69) is 0 Å². The van der Waals surface area contributed by atoms with E-state index in [9.17, 15) is 19.2 Å². The van der Waals surface area contributed by atoms with Crippen LogP contribution in [0.1, 0.15) is 39.5 Å². The second-order valence-corrected chi connectivity index (χ2v) is 9.54. The van der Waals surface area contributed by atoms with Crippen molar-refractivity contribution in [1.82, 2.24) is 0 Å². The Morgan fingerprint density at radius 2 is 1.18 bits per heavy atom. The molecule has 0 fully saturated rings. The van der Waals surface area contributed by atoms with Crippen molar-refractivity contribution in [3.05, 3.63) is 0 Å². The quantitative estimate of drug-likeness (QED) is 0.324. The lowest BCUT2D eigenvalue weighted by molar-refractivity contribution is -0.137. The lowest BCUT2D eigenvalue weighted by atomic mass is 10.5. The average molecular weight is 358 g/mol. The van der Waals surface area contributed by atoms with Crippen molar-refractivity contribution in [3.8, 4) is 0 Å². The van der Waals surface area contributed by atoms with Crippen molar-refractivity contribution in [1.29, 1.82) is 0 Å². The predicted molar refractivity (Wildman–Crippen MR) is 85.0 cm³/mol. The summed E-state index contributed by atoms with van der Waals surface area (Å²) in [6, 6.07) is 0. The van der Waals surface area contributed by atoms with Crippen LogP contribution in [0.4, 0.5) is 0 Å². The largest absolute Gasteiger partial charge is 0.481 e. The zero-order valence-corrected chi connectivity index (χ0v) is 14.3. The second kappa shape index (κ2) is 11.2. The number of rotatable bonds is 11. The van der Waals surface area contributed by atoms with Gasteiger partial charge in [-0.25, -0.2) is 0 Å². The molecule has 0 saturated carbocycles. The van der Waals surface area contributed by atoms with Gasteiger partial charge in [-0.05, 0) is 0 Å². The van der Waals surface area contributed by atoms with Gasteiger partial charge >= 0.3 is 23.9 Å². The molecule has 0 rings (SSSR count). The number of thiol groups is 2. The summed E-state index contributed by atoms with van der Waals surface area (Å²) in [6.45, 7) is 3.16. The first-order valence-electron chi connectivity index (χ1n) is 6.70. The monoisotopic (exact) mass is 358 g/mol. The summed E-state index contributed by atoms with van der Waals surface area (Å²) in [5.74, 6) is -2.93. The summed E-state index contributed by atoms with van der Waals surface area (Å²) >= 11 is 0. The normalized spacial score (nSPS) is 11.4. The highest BCUT2D eigenvalue weighted by Gasteiger charge is 2.21. The number of hydrogen-bond acceptors (Lipinski definition) is 6. The Morgan fingerprint density at radius 3 is 1.45 bits per heavy atom. The highest BCUT2D eigenvalue weighted by molar-refractivity contribution is 8.89. The van der Waals surface area contributed by atoms with E-state index in [0.29, 0.717) is 0 Å². The molecule has 0 heterocycles. The fraction of sp³-hybridized carbons (Fsp3) is 0.667. The van der Waals surface area contributed by atoms with Crippen LogP contribution in [-0.2, 0) is 27.5 Å². The van der Waals surface area contributed by atoms with Crippen LogP contribution in [0, 0.1) is 0 Å². The summed E-state index contributed by atoms with van der Waals surface area (Å²) in [5.41, 5.74) is 0. The van der Waals surface area contributed by atoms with Crippen LogP contribution in [0.2, 0.25) is 0 Å². The zero-order valence-electron chi connectivity index (χ0n) is 12.5. The predicted octanol–water partition coefficient (Wildman–Crippen LogP) is 1.59. The van der Waals surface area contributed by atoms with Gasteiger partial charge in [0.2, 0.25) is 0 Å². The molecule has 0 aromatic heterocycles. The number of carboxylic acids is 2. The molecule has 0 aliphatic rings. The van der Waals surface area contributed by atoms with Crippen molar-refractivity contribution in [2.75, 3.05) is 11.5 Å². The van der Waals surface area contributed by atoms with Crippen LogP contribution in [0.25, 0.3) is 0 Å². The Bertz CT molecular complexity index is 376. The number of carbonyl (C=O) groups excluding carboxylic acids is 2. The van der Waals surface area contributed by atoms with Gasteiger partial charge in [0.1, 0.15) is 0 Å². The van der Waals surface area contributed by atoms with Gasteiger partial charge in [0.25, 0.3) is 0 Å². The average Bonchev–Trinajstić information content (AvgIpc) is 2.45. The Balaban J connectivity index is 5.00. The van der Waals surface area contributed by atoms with E-state index >= 15 is 0 Å². The summed E-state index contributed by atoms with van der Waals surface area (Å²) in [6.07, 6.45) is -0.220. The molecule has 10 heteroatoms. The van der Waals surface area contributed by atoms with Gasteiger partial charge in [-0.1, -0.05) is 24.3 Å². The van der Waals surface area contributed by atoms with Gasteiger partial charge in [0, 0.05) is 24.3 Å². The van der Waals surface area contributed by atoms with E-state index in [1.165, 1.54) is 0 Å². The molecule has 8 nitrogen and oxygen atoms in total. The third-order valence-corrected chi connectivity index (χ3v) is 8.07. The topological polar surface area (TPSA) is 127 Å². The van der Waals surface area contributed by atoms with Crippen molar-refractivity contribution >= 4 is 44.3 Å². The Morgan fingerprint density at radius 1 is 0.818 bits per heavy atom. The van der Waals surface area contributed by atoms with Gasteiger partial charge in [0.15, 0.2) is 0 Å².